The number of hydrogen-bond acceptors (Lipinski definition) is 8. The van der Waals surface area contributed by atoms with Crippen molar-refractivity contribution in [2.75, 3.05) is 38.1 Å². The molecule has 0 spiro atoms. The first-order valence-electron chi connectivity index (χ1n) is 11.5. The minimum absolute atomic E-state index is 0.0648. The Bertz CT molecular complexity index is 1260. The summed E-state index contributed by atoms with van der Waals surface area (Å²) in [5, 5.41) is 12.2. The van der Waals surface area contributed by atoms with E-state index in [0.29, 0.717) is 40.9 Å². The van der Waals surface area contributed by atoms with Crippen LogP contribution in [0.15, 0.2) is 42.5 Å². The number of methoxy groups -OCH3 is 3. The summed E-state index contributed by atoms with van der Waals surface area (Å²) in [6.07, 6.45) is 4.25. The van der Waals surface area contributed by atoms with Crippen molar-refractivity contribution in [2.24, 2.45) is 0 Å². The zero-order valence-electron chi connectivity index (χ0n) is 20.6. The second-order valence-electron chi connectivity index (χ2n) is 8.11. The summed E-state index contributed by atoms with van der Waals surface area (Å²) < 4.78 is 16.0. The number of ether oxygens (including phenoxy) is 3. The molecular formula is C26H28N4O5S. The molecule has 1 aliphatic heterocycles. The van der Waals surface area contributed by atoms with Crippen molar-refractivity contribution in [3.8, 4) is 17.2 Å². The zero-order valence-corrected chi connectivity index (χ0v) is 21.4. The van der Waals surface area contributed by atoms with Crippen molar-refractivity contribution < 1.29 is 23.8 Å². The highest BCUT2D eigenvalue weighted by molar-refractivity contribution is 7.15. The Labute approximate surface area is 213 Å². The van der Waals surface area contributed by atoms with Gasteiger partial charge in [-0.1, -0.05) is 36.5 Å². The SMILES string of the molecule is CCc1ccccc1N1CC(c2nnc(NC(=O)/C=C/c3cc(OC)c(OC)c(OC)c3)s2)CC1=O. The third-order valence-corrected chi connectivity index (χ3v) is 6.92. The van der Waals surface area contributed by atoms with Crippen molar-refractivity contribution in [2.45, 2.75) is 25.7 Å². The lowest BCUT2D eigenvalue weighted by atomic mass is 10.1. The number of aryl methyl sites for hydroxylation is 1. The number of nitrogens with one attached hydrogen (secondary N) is 1. The Morgan fingerprint density at radius 2 is 1.86 bits per heavy atom. The van der Waals surface area contributed by atoms with Crippen LogP contribution >= 0.6 is 11.3 Å². The third-order valence-electron chi connectivity index (χ3n) is 5.92. The Morgan fingerprint density at radius 1 is 1.14 bits per heavy atom. The first kappa shape index (κ1) is 25.2. The van der Waals surface area contributed by atoms with Crippen molar-refractivity contribution in [1.82, 2.24) is 10.2 Å². The number of nitrogens with zero attached hydrogens (tertiary/aromatic N) is 3. The normalized spacial score (nSPS) is 15.4. The number of amides is 2. The smallest absolute Gasteiger partial charge is 0.250 e. The van der Waals surface area contributed by atoms with Gasteiger partial charge < -0.3 is 19.1 Å². The fraction of sp³-hybridized carbons (Fsp3) is 0.308. The highest BCUT2D eigenvalue weighted by Gasteiger charge is 2.34. The molecule has 0 bridgehead atoms. The number of para-hydroxylation sites is 1. The second kappa shape index (κ2) is 11.2. The van der Waals surface area contributed by atoms with Gasteiger partial charge in [-0.2, -0.15) is 0 Å². The maximum Gasteiger partial charge on any atom is 0.250 e. The van der Waals surface area contributed by atoms with Gasteiger partial charge in [0.1, 0.15) is 5.01 Å². The Kier molecular flexibility index (Phi) is 7.84. The van der Waals surface area contributed by atoms with Gasteiger partial charge >= 0.3 is 0 Å². The second-order valence-corrected chi connectivity index (χ2v) is 9.12. The number of anilines is 2. The molecule has 1 fully saturated rings. The Morgan fingerprint density at radius 3 is 2.53 bits per heavy atom. The van der Waals surface area contributed by atoms with Gasteiger partial charge in [0.25, 0.3) is 0 Å². The van der Waals surface area contributed by atoms with Crippen LogP contribution in [0.3, 0.4) is 0 Å². The van der Waals surface area contributed by atoms with Crippen molar-refractivity contribution >= 4 is 40.0 Å². The molecule has 2 amide bonds. The molecule has 0 radical (unpaired) electrons. The molecular weight excluding hydrogens is 480 g/mol. The van der Waals surface area contributed by atoms with Crippen LogP contribution in [-0.4, -0.2) is 49.9 Å². The fourth-order valence-corrected chi connectivity index (χ4v) is 4.98. The molecule has 1 aliphatic rings. The van der Waals surface area contributed by atoms with E-state index in [2.05, 4.69) is 22.4 Å². The first-order valence-corrected chi connectivity index (χ1v) is 12.3. The number of hydrogen-bond donors (Lipinski definition) is 1. The number of carbonyl (C=O) groups is 2. The monoisotopic (exact) mass is 508 g/mol. The van der Waals surface area contributed by atoms with Crippen LogP contribution in [0.1, 0.15) is 35.4 Å². The van der Waals surface area contributed by atoms with Gasteiger partial charge in [-0.15, -0.1) is 10.2 Å². The molecule has 10 heteroatoms. The van der Waals surface area contributed by atoms with Crippen molar-refractivity contribution in [3.05, 3.63) is 58.6 Å². The van der Waals surface area contributed by atoms with E-state index in [1.165, 1.54) is 38.7 Å². The standard InChI is InChI=1S/C26H28N4O5S/c1-5-17-8-6-7-9-19(17)30-15-18(14-23(30)32)25-28-29-26(36-25)27-22(31)11-10-16-12-20(33-2)24(35-4)21(13-16)34-3/h6-13,18H,5,14-15H2,1-4H3,(H,27,29,31)/b11-10+. The summed E-state index contributed by atoms with van der Waals surface area (Å²) >= 11 is 1.28. The largest absolute Gasteiger partial charge is 0.493 e. The molecule has 1 N–H and O–H groups in total. The molecule has 36 heavy (non-hydrogen) atoms. The minimum Gasteiger partial charge on any atom is -0.493 e. The lowest BCUT2D eigenvalue weighted by Gasteiger charge is -2.19. The van der Waals surface area contributed by atoms with Gasteiger partial charge in [0, 0.05) is 30.6 Å². The minimum atomic E-state index is -0.354. The van der Waals surface area contributed by atoms with E-state index in [4.69, 9.17) is 14.2 Å². The fourth-order valence-electron chi connectivity index (χ4n) is 4.15. The highest BCUT2D eigenvalue weighted by Crippen LogP contribution is 2.39. The average molecular weight is 509 g/mol. The first-order chi connectivity index (χ1) is 17.5. The Balaban J connectivity index is 1.42. The van der Waals surface area contributed by atoms with E-state index in [0.717, 1.165) is 22.7 Å². The predicted molar refractivity (Wildman–Crippen MR) is 139 cm³/mol. The summed E-state index contributed by atoms with van der Waals surface area (Å²) in [6, 6.07) is 11.4. The summed E-state index contributed by atoms with van der Waals surface area (Å²) in [4.78, 5) is 27.1. The third kappa shape index (κ3) is 5.33. The number of carbonyl (C=O) groups excluding carboxylic acids is 2. The zero-order chi connectivity index (χ0) is 25.7. The molecule has 1 saturated heterocycles. The molecule has 1 aromatic heterocycles. The summed E-state index contributed by atoms with van der Waals surface area (Å²) in [5.41, 5.74) is 2.78. The summed E-state index contributed by atoms with van der Waals surface area (Å²) in [6.45, 7) is 2.62. The molecule has 4 rings (SSSR count). The van der Waals surface area contributed by atoms with E-state index in [1.54, 1.807) is 18.2 Å². The van der Waals surface area contributed by atoms with Crippen LogP contribution in [0.5, 0.6) is 17.2 Å². The Hall–Kier alpha value is -3.92. The van der Waals surface area contributed by atoms with Gasteiger partial charge in [-0.3, -0.25) is 14.9 Å². The maximum absolute atomic E-state index is 12.7. The molecule has 3 aromatic rings. The summed E-state index contributed by atoms with van der Waals surface area (Å²) in [7, 11) is 4.59. The topological polar surface area (TPSA) is 103 Å². The van der Waals surface area contributed by atoms with Crippen LogP contribution in [0.25, 0.3) is 6.08 Å². The van der Waals surface area contributed by atoms with Crippen LogP contribution in [0, 0.1) is 0 Å². The number of aromatic nitrogens is 2. The molecule has 2 heterocycles. The van der Waals surface area contributed by atoms with Gasteiger partial charge in [0.15, 0.2) is 11.5 Å². The van der Waals surface area contributed by atoms with Gasteiger partial charge in [0.05, 0.1) is 21.3 Å². The number of rotatable bonds is 9. The van der Waals surface area contributed by atoms with Crippen LogP contribution in [0.4, 0.5) is 10.8 Å². The molecule has 0 saturated carbocycles. The van der Waals surface area contributed by atoms with Crippen LogP contribution in [-0.2, 0) is 16.0 Å². The van der Waals surface area contributed by atoms with E-state index >= 15 is 0 Å². The van der Waals surface area contributed by atoms with E-state index in [1.807, 2.05) is 29.2 Å². The quantitative estimate of drug-likeness (QED) is 0.430. The molecule has 0 aliphatic carbocycles. The van der Waals surface area contributed by atoms with Gasteiger partial charge in [0.2, 0.25) is 22.7 Å². The van der Waals surface area contributed by atoms with Crippen molar-refractivity contribution in [1.29, 1.82) is 0 Å². The lowest BCUT2D eigenvalue weighted by molar-refractivity contribution is -0.117. The molecule has 1 unspecified atom stereocenters. The van der Waals surface area contributed by atoms with Crippen LogP contribution < -0.4 is 24.4 Å². The molecule has 9 nitrogen and oxygen atoms in total. The van der Waals surface area contributed by atoms with Crippen molar-refractivity contribution in [3.63, 3.8) is 0 Å². The predicted octanol–water partition coefficient (Wildman–Crippen LogP) is 4.30. The van der Waals surface area contributed by atoms with E-state index < -0.39 is 0 Å². The van der Waals surface area contributed by atoms with Gasteiger partial charge in [-0.25, -0.2) is 0 Å². The lowest BCUT2D eigenvalue weighted by Crippen LogP contribution is -2.25. The van der Waals surface area contributed by atoms with Crippen LogP contribution in [0.2, 0.25) is 0 Å². The average Bonchev–Trinajstić information content (AvgIpc) is 3.52. The molecule has 188 valence electrons. The molecule has 1 atom stereocenters. The highest BCUT2D eigenvalue weighted by atomic mass is 32.1. The summed E-state index contributed by atoms with van der Waals surface area (Å²) in [5.74, 6) is 1.10. The van der Waals surface area contributed by atoms with E-state index in [9.17, 15) is 9.59 Å². The van der Waals surface area contributed by atoms with Gasteiger partial charge in [-0.05, 0) is 41.8 Å². The van der Waals surface area contributed by atoms with E-state index in [-0.39, 0.29) is 17.7 Å². The number of benzene rings is 2. The maximum atomic E-state index is 12.7. The molecule has 2 aromatic carbocycles.